The van der Waals surface area contributed by atoms with Gasteiger partial charge in [-0.05, 0) is 61.5 Å². The lowest BCUT2D eigenvalue weighted by molar-refractivity contribution is 0.441. The Hall–Kier alpha value is -2.50. The zero-order valence-corrected chi connectivity index (χ0v) is 15.5. The molecule has 25 heavy (non-hydrogen) atoms. The Labute approximate surface area is 155 Å². The average molecular weight is 364 g/mol. The maximum atomic E-state index is 10.7. The summed E-state index contributed by atoms with van der Waals surface area (Å²) in [6.07, 6.45) is 3.77. The molecule has 5 heteroatoms. The molecule has 0 atom stereocenters. The fourth-order valence-corrected chi connectivity index (χ4v) is 4.16. The van der Waals surface area contributed by atoms with Gasteiger partial charge in [0.25, 0.3) is 0 Å². The number of allylic oxidation sites excluding steroid dienone is 1. The lowest BCUT2D eigenvalue weighted by atomic mass is 10.1. The van der Waals surface area contributed by atoms with Crippen molar-refractivity contribution in [3.63, 3.8) is 0 Å². The van der Waals surface area contributed by atoms with Gasteiger partial charge < -0.3 is 5.11 Å². The molecule has 0 spiro atoms. The summed E-state index contributed by atoms with van der Waals surface area (Å²) < 4.78 is 2.34. The van der Waals surface area contributed by atoms with E-state index < -0.39 is 0 Å². The van der Waals surface area contributed by atoms with Crippen molar-refractivity contribution < 1.29 is 5.11 Å². The molecule has 1 aliphatic rings. The van der Waals surface area contributed by atoms with Crippen molar-refractivity contribution in [2.45, 2.75) is 13.8 Å². The highest BCUT2D eigenvalue weighted by atomic mass is 32.1. The van der Waals surface area contributed by atoms with Crippen molar-refractivity contribution in [3.8, 4) is 11.6 Å². The maximum absolute atomic E-state index is 10.7. The monoisotopic (exact) mass is 364 g/mol. The molecule has 124 valence electrons. The first kappa shape index (κ1) is 16.0. The predicted molar refractivity (Wildman–Crippen MR) is 108 cm³/mol. The summed E-state index contributed by atoms with van der Waals surface area (Å²) in [6.45, 7) is 4.12. The molecule has 3 aromatic rings. The molecule has 1 aromatic heterocycles. The van der Waals surface area contributed by atoms with Gasteiger partial charge in [-0.2, -0.15) is 0 Å². The fourth-order valence-electron chi connectivity index (χ4n) is 2.86. The first-order chi connectivity index (χ1) is 12.0. The van der Waals surface area contributed by atoms with Crippen LogP contribution in [0.4, 0.5) is 5.69 Å². The first-order valence-electron chi connectivity index (χ1n) is 7.92. The minimum atomic E-state index is 0.170. The SMILES string of the molecule is Cc1ccc(-n2c(O)c(C=C3C=Nc4ccccc43)sc2=S)cc1C. The molecule has 0 bridgehead atoms. The Bertz CT molecular complexity index is 1100. The number of fused-ring (bicyclic) bond motifs is 1. The Morgan fingerprint density at radius 1 is 1.12 bits per heavy atom. The number of aromatic hydroxyl groups is 1. The van der Waals surface area contributed by atoms with Crippen LogP contribution in [0.15, 0.2) is 47.5 Å². The summed E-state index contributed by atoms with van der Waals surface area (Å²) in [5, 5.41) is 10.7. The summed E-state index contributed by atoms with van der Waals surface area (Å²) in [4.78, 5) is 5.15. The van der Waals surface area contributed by atoms with Gasteiger partial charge in [0, 0.05) is 17.4 Å². The fraction of sp³-hybridized carbons (Fsp3) is 0.100. The number of rotatable bonds is 2. The van der Waals surface area contributed by atoms with E-state index in [1.165, 1.54) is 22.5 Å². The number of thiazole rings is 1. The third-order valence-corrected chi connectivity index (χ3v) is 5.72. The van der Waals surface area contributed by atoms with E-state index in [2.05, 4.69) is 18.8 Å². The highest BCUT2D eigenvalue weighted by molar-refractivity contribution is 7.73. The number of nitrogens with zero attached hydrogens (tertiary/aromatic N) is 2. The van der Waals surface area contributed by atoms with E-state index in [-0.39, 0.29) is 5.88 Å². The van der Waals surface area contributed by atoms with Gasteiger partial charge in [-0.25, -0.2) is 0 Å². The molecule has 4 rings (SSSR count). The van der Waals surface area contributed by atoms with Gasteiger partial charge in [0.15, 0.2) is 3.95 Å². The van der Waals surface area contributed by atoms with E-state index in [0.717, 1.165) is 27.4 Å². The lowest BCUT2D eigenvalue weighted by Gasteiger charge is -2.07. The topological polar surface area (TPSA) is 37.5 Å². The lowest BCUT2D eigenvalue weighted by Crippen LogP contribution is -1.94. The number of aryl methyl sites for hydroxylation is 2. The smallest absolute Gasteiger partial charge is 0.215 e. The third kappa shape index (κ3) is 2.75. The Morgan fingerprint density at radius 3 is 2.72 bits per heavy atom. The second-order valence-electron chi connectivity index (χ2n) is 6.03. The molecular weight excluding hydrogens is 348 g/mol. The maximum Gasteiger partial charge on any atom is 0.215 e. The standard InChI is InChI=1S/C20H16N2OS2/c1-12-7-8-15(9-13(12)2)22-19(23)18(25-20(22)24)10-14-11-21-17-6-4-3-5-16(14)17/h3-11,23H,1-2H3. The van der Waals surface area contributed by atoms with Crippen LogP contribution in [0.3, 0.4) is 0 Å². The van der Waals surface area contributed by atoms with Crippen LogP contribution in [-0.4, -0.2) is 15.9 Å². The zero-order chi connectivity index (χ0) is 17.6. The number of para-hydroxylation sites is 1. The van der Waals surface area contributed by atoms with Crippen LogP contribution in [0.5, 0.6) is 5.88 Å². The van der Waals surface area contributed by atoms with Gasteiger partial charge in [0.05, 0.1) is 16.3 Å². The molecule has 2 heterocycles. The molecule has 0 aliphatic carbocycles. The van der Waals surface area contributed by atoms with E-state index in [4.69, 9.17) is 12.2 Å². The number of aromatic nitrogens is 1. The van der Waals surface area contributed by atoms with Crippen LogP contribution in [0.1, 0.15) is 21.6 Å². The summed E-state index contributed by atoms with van der Waals surface area (Å²) in [5.41, 5.74) is 6.26. The Balaban J connectivity index is 1.82. The Morgan fingerprint density at radius 2 is 1.92 bits per heavy atom. The van der Waals surface area contributed by atoms with Crippen LogP contribution in [0.25, 0.3) is 17.3 Å². The van der Waals surface area contributed by atoms with E-state index in [9.17, 15) is 5.11 Å². The van der Waals surface area contributed by atoms with Crippen molar-refractivity contribution in [2.75, 3.05) is 0 Å². The largest absolute Gasteiger partial charge is 0.493 e. The number of hydrogen-bond acceptors (Lipinski definition) is 4. The Kier molecular flexibility index (Phi) is 3.90. The predicted octanol–water partition coefficient (Wildman–Crippen LogP) is 5.85. The third-order valence-electron chi connectivity index (χ3n) is 4.41. The normalized spacial score (nSPS) is 14.2. The van der Waals surface area contributed by atoms with Crippen LogP contribution in [-0.2, 0) is 0 Å². The van der Waals surface area contributed by atoms with Crippen LogP contribution in [0, 0.1) is 17.8 Å². The van der Waals surface area contributed by atoms with E-state index in [1.807, 2.05) is 54.8 Å². The average Bonchev–Trinajstić information content (AvgIpc) is 3.12. The second kappa shape index (κ2) is 6.10. The zero-order valence-electron chi connectivity index (χ0n) is 13.9. The molecular formula is C20H16N2OS2. The summed E-state index contributed by atoms with van der Waals surface area (Å²) in [6, 6.07) is 14.0. The van der Waals surface area contributed by atoms with E-state index in [0.29, 0.717) is 3.95 Å². The summed E-state index contributed by atoms with van der Waals surface area (Å²) in [5.74, 6) is 0.170. The van der Waals surface area contributed by atoms with Crippen molar-refractivity contribution >= 4 is 47.1 Å². The first-order valence-corrected chi connectivity index (χ1v) is 9.14. The molecule has 0 amide bonds. The minimum absolute atomic E-state index is 0.170. The van der Waals surface area contributed by atoms with Crippen molar-refractivity contribution in [1.82, 2.24) is 4.57 Å². The van der Waals surface area contributed by atoms with Gasteiger partial charge in [-0.1, -0.05) is 24.3 Å². The molecule has 1 aliphatic heterocycles. The van der Waals surface area contributed by atoms with Crippen molar-refractivity contribution in [2.24, 2.45) is 4.99 Å². The minimum Gasteiger partial charge on any atom is -0.493 e. The van der Waals surface area contributed by atoms with Crippen LogP contribution >= 0.6 is 23.6 Å². The van der Waals surface area contributed by atoms with E-state index >= 15 is 0 Å². The number of aliphatic imine (C=N–C) groups is 1. The van der Waals surface area contributed by atoms with Crippen molar-refractivity contribution in [1.29, 1.82) is 0 Å². The van der Waals surface area contributed by atoms with E-state index in [1.54, 1.807) is 4.57 Å². The number of benzene rings is 2. The van der Waals surface area contributed by atoms with Crippen LogP contribution < -0.4 is 0 Å². The highest BCUT2D eigenvalue weighted by Crippen LogP contribution is 2.37. The summed E-state index contributed by atoms with van der Waals surface area (Å²) >= 11 is 6.89. The molecule has 1 N–H and O–H groups in total. The molecule has 0 unspecified atom stereocenters. The highest BCUT2D eigenvalue weighted by Gasteiger charge is 2.16. The molecule has 2 aromatic carbocycles. The molecule has 0 saturated heterocycles. The van der Waals surface area contributed by atoms with Gasteiger partial charge in [0.2, 0.25) is 5.88 Å². The van der Waals surface area contributed by atoms with Gasteiger partial charge in [-0.3, -0.25) is 9.56 Å². The van der Waals surface area contributed by atoms with Gasteiger partial charge in [-0.15, -0.1) is 11.3 Å². The molecule has 0 fully saturated rings. The molecule has 3 nitrogen and oxygen atoms in total. The number of hydrogen-bond donors (Lipinski definition) is 1. The van der Waals surface area contributed by atoms with Gasteiger partial charge >= 0.3 is 0 Å². The second-order valence-corrected chi connectivity index (χ2v) is 7.71. The summed E-state index contributed by atoms with van der Waals surface area (Å²) in [7, 11) is 0. The van der Waals surface area contributed by atoms with Crippen LogP contribution in [0.2, 0.25) is 0 Å². The van der Waals surface area contributed by atoms with Crippen molar-refractivity contribution in [3.05, 3.63) is 68.0 Å². The quantitative estimate of drug-likeness (QED) is 0.579. The molecule has 0 saturated carbocycles. The van der Waals surface area contributed by atoms with Gasteiger partial charge in [0.1, 0.15) is 0 Å². The molecule has 0 radical (unpaired) electrons.